The summed E-state index contributed by atoms with van der Waals surface area (Å²) < 4.78 is 15.8. The van der Waals surface area contributed by atoms with Gasteiger partial charge in [0, 0.05) is 5.71 Å². The molecule has 1 aliphatic rings. The highest BCUT2D eigenvalue weighted by Gasteiger charge is 2.38. The topological polar surface area (TPSA) is 141 Å². The first-order valence-corrected chi connectivity index (χ1v) is 8.23. The SMILES string of the molecule is CCOC(=O)C1C(C)=NC(=O)NC1c1ccc(OCC(=O)NN)c(OC)c1. The molecule has 1 aromatic carbocycles. The molecule has 1 heterocycles. The summed E-state index contributed by atoms with van der Waals surface area (Å²) in [6.07, 6.45) is 0. The molecule has 0 spiro atoms. The van der Waals surface area contributed by atoms with Crippen LogP contribution in [0.25, 0.3) is 0 Å². The first-order valence-electron chi connectivity index (χ1n) is 8.23. The van der Waals surface area contributed by atoms with E-state index in [0.29, 0.717) is 22.8 Å². The van der Waals surface area contributed by atoms with Gasteiger partial charge in [-0.2, -0.15) is 0 Å². The summed E-state index contributed by atoms with van der Waals surface area (Å²) in [5.74, 6) is 3.90. The molecule has 1 aliphatic heterocycles. The van der Waals surface area contributed by atoms with Crippen LogP contribution in [0, 0.1) is 5.92 Å². The molecule has 2 rings (SSSR count). The smallest absolute Gasteiger partial charge is 0.341 e. The van der Waals surface area contributed by atoms with E-state index in [9.17, 15) is 14.4 Å². The number of carbonyl (C=O) groups is 3. The van der Waals surface area contributed by atoms with Gasteiger partial charge in [-0.1, -0.05) is 6.07 Å². The Labute approximate surface area is 156 Å². The van der Waals surface area contributed by atoms with Gasteiger partial charge >= 0.3 is 12.0 Å². The van der Waals surface area contributed by atoms with Crippen LogP contribution in [0.15, 0.2) is 23.2 Å². The maximum atomic E-state index is 12.4. The molecular formula is C17H22N4O6. The van der Waals surface area contributed by atoms with Gasteiger partial charge in [-0.15, -0.1) is 0 Å². The van der Waals surface area contributed by atoms with E-state index in [1.165, 1.54) is 7.11 Å². The van der Waals surface area contributed by atoms with Crippen LogP contribution in [0.3, 0.4) is 0 Å². The van der Waals surface area contributed by atoms with Crippen molar-refractivity contribution in [3.05, 3.63) is 23.8 Å². The summed E-state index contributed by atoms with van der Waals surface area (Å²) in [6.45, 7) is 3.23. The van der Waals surface area contributed by atoms with E-state index < -0.39 is 29.9 Å². The number of nitrogens with one attached hydrogen (secondary N) is 2. The summed E-state index contributed by atoms with van der Waals surface area (Å²) in [4.78, 5) is 39.3. The molecule has 0 bridgehead atoms. The molecule has 0 aromatic heterocycles. The fourth-order valence-electron chi connectivity index (χ4n) is 2.72. The highest BCUT2D eigenvalue weighted by molar-refractivity contribution is 6.08. The normalized spacial score (nSPS) is 18.8. The lowest BCUT2D eigenvalue weighted by atomic mass is 9.88. The zero-order chi connectivity index (χ0) is 20.0. The Kier molecular flexibility index (Phi) is 6.72. The average molecular weight is 378 g/mol. The first kappa shape index (κ1) is 20.2. The number of nitrogens with two attached hydrogens (primary N) is 1. The lowest BCUT2D eigenvalue weighted by Gasteiger charge is -2.30. The van der Waals surface area contributed by atoms with Crippen LogP contribution >= 0.6 is 0 Å². The van der Waals surface area contributed by atoms with Gasteiger partial charge in [-0.05, 0) is 31.5 Å². The number of carbonyl (C=O) groups excluding carboxylic acids is 3. The van der Waals surface area contributed by atoms with E-state index in [1.807, 2.05) is 5.43 Å². The molecule has 3 amide bonds. The number of hydrogen-bond acceptors (Lipinski definition) is 7. The van der Waals surface area contributed by atoms with Gasteiger partial charge in [0.05, 0.1) is 19.8 Å². The zero-order valence-electron chi connectivity index (χ0n) is 15.3. The largest absolute Gasteiger partial charge is 0.493 e. The molecular weight excluding hydrogens is 356 g/mol. The molecule has 10 heteroatoms. The quantitative estimate of drug-likeness (QED) is 0.271. The van der Waals surface area contributed by atoms with E-state index in [2.05, 4.69) is 10.3 Å². The monoisotopic (exact) mass is 378 g/mol. The third kappa shape index (κ3) is 4.73. The summed E-state index contributed by atoms with van der Waals surface area (Å²) in [5, 5.41) is 2.68. The molecule has 0 saturated carbocycles. The van der Waals surface area contributed by atoms with Crippen LogP contribution in [0.5, 0.6) is 11.5 Å². The second kappa shape index (κ2) is 8.99. The van der Waals surface area contributed by atoms with Gasteiger partial charge in [-0.25, -0.2) is 15.6 Å². The maximum absolute atomic E-state index is 12.4. The highest BCUT2D eigenvalue weighted by atomic mass is 16.5. The standard InChI is InChI=1S/C17H22N4O6/c1-4-26-16(23)14-9(2)19-17(24)20-15(14)10-5-6-11(12(7-10)25-3)27-8-13(22)21-18/h5-7,14-15H,4,8,18H2,1-3H3,(H,20,24)(H,21,22). The molecule has 2 atom stereocenters. The fraction of sp³-hybridized carbons (Fsp3) is 0.412. The minimum Gasteiger partial charge on any atom is -0.493 e. The molecule has 1 aromatic rings. The number of aliphatic imine (C=N–C) groups is 1. The molecule has 10 nitrogen and oxygen atoms in total. The third-order valence-electron chi connectivity index (χ3n) is 3.95. The Hall–Kier alpha value is -3.14. The number of hydrazine groups is 1. The Morgan fingerprint density at radius 3 is 2.70 bits per heavy atom. The van der Waals surface area contributed by atoms with Crippen molar-refractivity contribution in [3.8, 4) is 11.5 Å². The number of rotatable bonds is 7. The van der Waals surface area contributed by atoms with Gasteiger partial charge in [0.25, 0.3) is 5.91 Å². The number of esters is 1. The number of amides is 3. The number of hydrogen-bond donors (Lipinski definition) is 3. The molecule has 0 radical (unpaired) electrons. The molecule has 0 fully saturated rings. The molecule has 0 saturated heterocycles. The van der Waals surface area contributed by atoms with Crippen molar-refractivity contribution in [2.24, 2.45) is 16.8 Å². The highest BCUT2D eigenvalue weighted by Crippen LogP contribution is 2.34. The van der Waals surface area contributed by atoms with E-state index in [0.717, 1.165) is 0 Å². The predicted octanol–water partition coefficient (Wildman–Crippen LogP) is 0.468. The van der Waals surface area contributed by atoms with Crippen molar-refractivity contribution < 1.29 is 28.6 Å². The molecule has 146 valence electrons. The Bertz CT molecular complexity index is 764. The van der Waals surface area contributed by atoms with Crippen molar-refractivity contribution >= 4 is 23.6 Å². The number of ether oxygens (including phenoxy) is 3. The Morgan fingerprint density at radius 2 is 2.07 bits per heavy atom. The van der Waals surface area contributed by atoms with Crippen LogP contribution in [-0.2, 0) is 14.3 Å². The second-order valence-electron chi connectivity index (χ2n) is 5.68. The Morgan fingerprint density at radius 1 is 1.33 bits per heavy atom. The van der Waals surface area contributed by atoms with Crippen LogP contribution in [-0.4, -0.2) is 43.9 Å². The average Bonchev–Trinajstić information content (AvgIpc) is 2.65. The van der Waals surface area contributed by atoms with Crippen molar-refractivity contribution in [2.75, 3.05) is 20.3 Å². The fourth-order valence-corrected chi connectivity index (χ4v) is 2.72. The van der Waals surface area contributed by atoms with Crippen LogP contribution in [0.1, 0.15) is 25.5 Å². The Balaban J connectivity index is 2.33. The summed E-state index contributed by atoms with van der Waals surface area (Å²) in [5.41, 5.74) is 2.92. The zero-order valence-corrected chi connectivity index (χ0v) is 15.3. The van der Waals surface area contributed by atoms with Gasteiger partial charge in [0.15, 0.2) is 18.1 Å². The lowest BCUT2D eigenvalue weighted by Crippen LogP contribution is -2.44. The van der Waals surface area contributed by atoms with Gasteiger partial charge in [0.1, 0.15) is 5.92 Å². The molecule has 0 aliphatic carbocycles. The van der Waals surface area contributed by atoms with E-state index in [4.69, 9.17) is 20.1 Å². The van der Waals surface area contributed by atoms with E-state index in [1.54, 1.807) is 32.0 Å². The molecule has 4 N–H and O–H groups in total. The second-order valence-corrected chi connectivity index (χ2v) is 5.68. The van der Waals surface area contributed by atoms with Crippen molar-refractivity contribution in [1.29, 1.82) is 0 Å². The van der Waals surface area contributed by atoms with Crippen LogP contribution in [0.2, 0.25) is 0 Å². The van der Waals surface area contributed by atoms with Crippen LogP contribution < -0.4 is 26.1 Å². The summed E-state index contributed by atoms with van der Waals surface area (Å²) in [7, 11) is 1.43. The summed E-state index contributed by atoms with van der Waals surface area (Å²) in [6, 6.07) is 3.63. The molecule has 2 unspecified atom stereocenters. The molecule has 27 heavy (non-hydrogen) atoms. The minimum atomic E-state index is -0.762. The number of nitrogens with zero attached hydrogens (tertiary/aromatic N) is 1. The van der Waals surface area contributed by atoms with Crippen molar-refractivity contribution in [3.63, 3.8) is 0 Å². The number of benzene rings is 1. The summed E-state index contributed by atoms with van der Waals surface area (Å²) >= 11 is 0. The first-order chi connectivity index (χ1) is 12.9. The van der Waals surface area contributed by atoms with Gasteiger partial charge in [0.2, 0.25) is 0 Å². The third-order valence-corrected chi connectivity index (χ3v) is 3.95. The van der Waals surface area contributed by atoms with Gasteiger partial charge in [-0.3, -0.25) is 15.0 Å². The van der Waals surface area contributed by atoms with Crippen molar-refractivity contribution in [2.45, 2.75) is 19.9 Å². The predicted molar refractivity (Wildman–Crippen MR) is 95.3 cm³/mol. The van der Waals surface area contributed by atoms with Crippen molar-refractivity contribution in [1.82, 2.24) is 10.7 Å². The van der Waals surface area contributed by atoms with E-state index >= 15 is 0 Å². The van der Waals surface area contributed by atoms with Crippen LogP contribution in [0.4, 0.5) is 4.79 Å². The maximum Gasteiger partial charge on any atom is 0.341 e. The number of methoxy groups -OCH3 is 1. The van der Waals surface area contributed by atoms with Gasteiger partial charge < -0.3 is 19.5 Å². The lowest BCUT2D eigenvalue weighted by molar-refractivity contribution is -0.146. The minimum absolute atomic E-state index is 0.211. The number of urea groups is 1. The van der Waals surface area contributed by atoms with E-state index in [-0.39, 0.29) is 13.2 Å².